The van der Waals surface area contributed by atoms with E-state index in [9.17, 15) is 9.59 Å². The van der Waals surface area contributed by atoms with Gasteiger partial charge in [-0.15, -0.1) is 0 Å². The molecular formula is C11H14N2O3. The summed E-state index contributed by atoms with van der Waals surface area (Å²) in [6.45, 7) is 1.38. The number of benzene rings is 1. The molecule has 0 unspecified atom stereocenters. The third kappa shape index (κ3) is 3.70. The first-order chi connectivity index (χ1) is 7.63. The molecule has 0 heterocycles. The van der Waals surface area contributed by atoms with Crippen LogP contribution in [0.3, 0.4) is 0 Å². The standard InChI is InChI=1S/C11H14N2O3/c1-8(14)12-10(7-11(15)13-16)9-5-3-2-4-6-9/h2-6,10,16H,7H2,1H3,(H,12,14)(H,13,15)/t10-/m1/s1. The summed E-state index contributed by atoms with van der Waals surface area (Å²) in [5, 5.41) is 11.1. The number of hydrogen-bond donors (Lipinski definition) is 3. The van der Waals surface area contributed by atoms with Gasteiger partial charge >= 0.3 is 0 Å². The van der Waals surface area contributed by atoms with E-state index in [1.54, 1.807) is 5.48 Å². The van der Waals surface area contributed by atoms with Crippen LogP contribution in [0.25, 0.3) is 0 Å². The highest BCUT2D eigenvalue weighted by atomic mass is 16.5. The van der Waals surface area contributed by atoms with Crippen LogP contribution in [-0.2, 0) is 9.59 Å². The lowest BCUT2D eigenvalue weighted by molar-refractivity contribution is -0.130. The Balaban J connectivity index is 2.79. The van der Waals surface area contributed by atoms with Crippen molar-refractivity contribution >= 4 is 11.8 Å². The van der Waals surface area contributed by atoms with Crippen molar-refractivity contribution in [1.82, 2.24) is 10.8 Å². The fourth-order valence-electron chi connectivity index (χ4n) is 1.41. The Labute approximate surface area is 93.4 Å². The Kier molecular flexibility index (Phi) is 4.47. The second-order valence-corrected chi connectivity index (χ2v) is 3.40. The van der Waals surface area contributed by atoms with Gasteiger partial charge in [-0.2, -0.15) is 0 Å². The molecule has 0 aliphatic heterocycles. The number of rotatable bonds is 4. The predicted molar refractivity (Wildman–Crippen MR) is 57.5 cm³/mol. The molecule has 1 rings (SSSR count). The van der Waals surface area contributed by atoms with Crippen molar-refractivity contribution in [3.63, 3.8) is 0 Å². The Hall–Kier alpha value is -1.88. The molecule has 0 aliphatic rings. The van der Waals surface area contributed by atoms with Gasteiger partial charge in [0.15, 0.2) is 0 Å². The van der Waals surface area contributed by atoms with Crippen LogP contribution in [0.15, 0.2) is 30.3 Å². The Morgan fingerprint density at radius 3 is 2.44 bits per heavy atom. The average molecular weight is 222 g/mol. The Morgan fingerprint density at radius 1 is 1.31 bits per heavy atom. The highest BCUT2D eigenvalue weighted by Crippen LogP contribution is 2.16. The third-order valence-electron chi connectivity index (χ3n) is 2.09. The number of hydrogen-bond acceptors (Lipinski definition) is 3. The van der Waals surface area contributed by atoms with Crippen LogP contribution in [0.1, 0.15) is 24.9 Å². The van der Waals surface area contributed by atoms with Gasteiger partial charge in [-0.3, -0.25) is 14.8 Å². The summed E-state index contributed by atoms with van der Waals surface area (Å²) in [7, 11) is 0. The van der Waals surface area contributed by atoms with Gasteiger partial charge in [-0.05, 0) is 5.56 Å². The Morgan fingerprint density at radius 2 is 1.94 bits per heavy atom. The molecule has 1 aromatic rings. The minimum atomic E-state index is -0.539. The maximum Gasteiger partial charge on any atom is 0.245 e. The fraction of sp³-hybridized carbons (Fsp3) is 0.273. The molecule has 0 saturated carbocycles. The highest BCUT2D eigenvalue weighted by molar-refractivity contribution is 5.78. The first kappa shape index (κ1) is 12.2. The summed E-state index contributed by atoms with van der Waals surface area (Å²) >= 11 is 0. The molecular weight excluding hydrogens is 208 g/mol. The lowest BCUT2D eigenvalue weighted by Crippen LogP contribution is -2.31. The molecule has 0 aliphatic carbocycles. The largest absolute Gasteiger partial charge is 0.349 e. The second-order valence-electron chi connectivity index (χ2n) is 3.40. The molecule has 86 valence electrons. The van der Waals surface area contributed by atoms with Crippen molar-refractivity contribution < 1.29 is 14.8 Å². The van der Waals surface area contributed by atoms with Crippen molar-refractivity contribution in [3.05, 3.63) is 35.9 Å². The SMILES string of the molecule is CC(=O)N[C@H](CC(=O)NO)c1ccccc1. The molecule has 3 N–H and O–H groups in total. The maximum atomic E-state index is 11.1. The summed E-state index contributed by atoms with van der Waals surface area (Å²) in [4.78, 5) is 22.1. The van der Waals surface area contributed by atoms with Crippen LogP contribution < -0.4 is 10.8 Å². The second kappa shape index (κ2) is 5.87. The third-order valence-corrected chi connectivity index (χ3v) is 2.09. The first-order valence-electron chi connectivity index (χ1n) is 4.88. The zero-order valence-electron chi connectivity index (χ0n) is 8.93. The maximum absolute atomic E-state index is 11.1. The number of carbonyl (C=O) groups excluding carboxylic acids is 2. The Bertz CT molecular complexity index is 365. The molecule has 0 aromatic heterocycles. The zero-order valence-corrected chi connectivity index (χ0v) is 8.93. The first-order valence-corrected chi connectivity index (χ1v) is 4.88. The van der Waals surface area contributed by atoms with Crippen molar-refractivity contribution in [2.75, 3.05) is 0 Å². The number of amides is 2. The van der Waals surface area contributed by atoms with Crippen LogP contribution in [0.4, 0.5) is 0 Å². The van der Waals surface area contributed by atoms with E-state index in [-0.39, 0.29) is 12.3 Å². The van der Waals surface area contributed by atoms with Crippen molar-refractivity contribution in [2.24, 2.45) is 0 Å². The van der Waals surface area contributed by atoms with E-state index >= 15 is 0 Å². The van der Waals surface area contributed by atoms with Gasteiger partial charge in [0.2, 0.25) is 11.8 Å². The monoisotopic (exact) mass is 222 g/mol. The van der Waals surface area contributed by atoms with E-state index in [1.165, 1.54) is 6.92 Å². The van der Waals surface area contributed by atoms with Gasteiger partial charge in [0, 0.05) is 6.92 Å². The van der Waals surface area contributed by atoms with Gasteiger partial charge in [0.25, 0.3) is 0 Å². The van der Waals surface area contributed by atoms with E-state index < -0.39 is 11.9 Å². The predicted octanol–water partition coefficient (Wildman–Crippen LogP) is 0.759. The van der Waals surface area contributed by atoms with Gasteiger partial charge in [0.1, 0.15) is 0 Å². The van der Waals surface area contributed by atoms with Gasteiger partial charge in [0.05, 0.1) is 12.5 Å². The summed E-state index contributed by atoms with van der Waals surface area (Å²) < 4.78 is 0. The topological polar surface area (TPSA) is 78.4 Å². The molecule has 0 radical (unpaired) electrons. The van der Waals surface area contributed by atoms with Crippen molar-refractivity contribution in [3.8, 4) is 0 Å². The normalized spacial score (nSPS) is 11.6. The fourth-order valence-corrected chi connectivity index (χ4v) is 1.41. The van der Waals surface area contributed by atoms with E-state index in [0.717, 1.165) is 5.56 Å². The summed E-state index contributed by atoms with van der Waals surface area (Å²) in [5.41, 5.74) is 2.37. The molecule has 0 spiro atoms. The van der Waals surface area contributed by atoms with Crippen LogP contribution in [-0.4, -0.2) is 17.0 Å². The molecule has 0 saturated heterocycles. The van der Waals surface area contributed by atoms with Crippen LogP contribution >= 0.6 is 0 Å². The quantitative estimate of drug-likeness (QED) is 0.520. The van der Waals surface area contributed by atoms with E-state index in [0.29, 0.717) is 0 Å². The van der Waals surface area contributed by atoms with Crippen molar-refractivity contribution in [1.29, 1.82) is 0 Å². The van der Waals surface area contributed by atoms with Crippen LogP contribution in [0, 0.1) is 0 Å². The van der Waals surface area contributed by atoms with Crippen LogP contribution in [0.2, 0.25) is 0 Å². The molecule has 0 bridgehead atoms. The van der Waals surface area contributed by atoms with Gasteiger partial charge in [-0.1, -0.05) is 30.3 Å². The molecule has 5 heteroatoms. The molecule has 16 heavy (non-hydrogen) atoms. The lowest BCUT2D eigenvalue weighted by Gasteiger charge is -2.16. The number of hydroxylamine groups is 1. The van der Waals surface area contributed by atoms with Gasteiger partial charge in [-0.25, -0.2) is 5.48 Å². The molecule has 0 fully saturated rings. The van der Waals surface area contributed by atoms with Crippen molar-refractivity contribution in [2.45, 2.75) is 19.4 Å². The summed E-state index contributed by atoms with van der Waals surface area (Å²) in [6, 6.07) is 8.68. The molecule has 5 nitrogen and oxygen atoms in total. The highest BCUT2D eigenvalue weighted by Gasteiger charge is 2.16. The molecule has 1 aromatic carbocycles. The van der Waals surface area contributed by atoms with E-state index in [2.05, 4.69) is 5.32 Å². The van der Waals surface area contributed by atoms with E-state index in [4.69, 9.17) is 5.21 Å². The average Bonchev–Trinajstić information content (AvgIpc) is 2.28. The molecule has 2 amide bonds. The minimum absolute atomic E-state index is 0.0000926. The zero-order chi connectivity index (χ0) is 12.0. The smallest absolute Gasteiger partial charge is 0.245 e. The molecule has 1 atom stereocenters. The summed E-state index contributed by atoms with van der Waals surface area (Å²) in [6.07, 6.45) is 0.0000926. The summed E-state index contributed by atoms with van der Waals surface area (Å²) in [5.74, 6) is -0.762. The van der Waals surface area contributed by atoms with E-state index in [1.807, 2.05) is 30.3 Å². The van der Waals surface area contributed by atoms with Crippen LogP contribution in [0.5, 0.6) is 0 Å². The number of nitrogens with one attached hydrogen (secondary N) is 2. The minimum Gasteiger partial charge on any atom is -0.349 e. The van der Waals surface area contributed by atoms with Gasteiger partial charge < -0.3 is 5.32 Å². The number of carbonyl (C=O) groups is 2. The lowest BCUT2D eigenvalue weighted by atomic mass is 10.0.